The fourth-order valence-electron chi connectivity index (χ4n) is 2.87. The highest BCUT2D eigenvalue weighted by atomic mass is 79.9. The van der Waals surface area contributed by atoms with Crippen LogP contribution in [0, 0.1) is 0 Å². The normalized spacial score (nSPS) is 14.0. The van der Waals surface area contributed by atoms with Crippen LogP contribution in [0.2, 0.25) is 0 Å². The minimum atomic E-state index is -1.00. The molecule has 0 spiro atoms. The van der Waals surface area contributed by atoms with Crippen molar-refractivity contribution >= 4 is 39.3 Å². The molecule has 0 fully saturated rings. The van der Waals surface area contributed by atoms with Gasteiger partial charge in [0.1, 0.15) is 17.5 Å². The third-order valence-corrected chi connectivity index (χ3v) is 4.94. The smallest absolute Gasteiger partial charge is 0.262 e. The molecule has 1 heterocycles. The van der Waals surface area contributed by atoms with Crippen LogP contribution >= 0.6 is 15.9 Å². The highest BCUT2D eigenvalue weighted by molar-refractivity contribution is 9.10. The van der Waals surface area contributed by atoms with Crippen molar-refractivity contribution in [1.29, 1.82) is 0 Å². The molecule has 0 saturated carbocycles. The lowest BCUT2D eigenvalue weighted by atomic mass is 10.1. The fraction of sp³-hybridized carbons (Fsp3) is 0.211. The van der Waals surface area contributed by atoms with E-state index in [1.54, 1.807) is 36.4 Å². The quantitative estimate of drug-likeness (QED) is 0.733. The molecule has 1 atom stereocenters. The summed E-state index contributed by atoms with van der Waals surface area (Å²) in [6.45, 7) is 1.50. The molecule has 1 aliphatic rings. The number of methoxy groups -OCH3 is 2. The van der Waals surface area contributed by atoms with Gasteiger partial charge in [0.2, 0.25) is 5.91 Å². The highest BCUT2D eigenvalue weighted by Crippen LogP contribution is 2.36. The molecule has 0 radical (unpaired) electrons. The van der Waals surface area contributed by atoms with Crippen molar-refractivity contribution in [3.63, 3.8) is 0 Å². The van der Waals surface area contributed by atoms with Crippen LogP contribution in [-0.4, -0.2) is 42.9 Å². The van der Waals surface area contributed by atoms with Crippen LogP contribution in [0.1, 0.15) is 27.6 Å². The second-order valence-corrected chi connectivity index (χ2v) is 6.73. The number of nitrogens with one attached hydrogen (secondary N) is 1. The fourth-order valence-corrected chi connectivity index (χ4v) is 3.36. The second-order valence-electron chi connectivity index (χ2n) is 5.88. The summed E-state index contributed by atoms with van der Waals surface area (Å²) >= 11 is 3.35. The van der Waals surface area contributed by atoms with Gasteiger partial charge < -0.3 is 14.8 Å². The highest BCUT2D eigenvalue weighted by Gasteiger charge is 2.40. The lowest BCUT2D eigenvalue weighted by molar-refractivity contribution is -0.119. The Morgan fingerprint density at radius 1 is 1.04 bits per heavy atom. The van der Waals surface area contributed by atoms with Gasteiger partial charge >= 0.3 is 0 Å². The molecule has 0 saturated heterocycles. The summed E-state index contributed by atoms with van der Waals surface area (Å²) in [4.78, 5) is 38.8. The van der Waals surface area contributed by atoms with Gasteiger partial charge in [-0.05, 0) is 35.0 Å². The third kappa shape index (κ3) is 3.28. The van der Waals surface area contributed by atoms with Crippen molar-refractivity contribution in [2.75, 3.05) is 19.5 Å². The van der Waals surface area contributed by atoms with E-state index in [1.807, 2.05) is 0 Å². The van der Waals surface area contributed by atoms with Gasteiger partial charge in [-0.2, -0.15) is 0 Å². The second kappa shape index (κ2) is 7.40. The number of imide groups is 1. The Kier molecular flexibility index (Phi) is 5.18. The minimum absolute atomic E-state index is 0.296. The summed E-state index contributed by atoms with van der Waals surface area (Å²) in [5, 5.41) is 2.70. The largest absolute Gasteiger partial charge is 0.495 e. The number of anilines is 1. The molecule has 3 rings (SSSR count). The summed E-state index contributed by atoms with van der Waals surface area (Å²) < 4.78 is 11.2. The van der Waals surface area contributed by atoms with E-state index < -0.39 is 23.8 Å². The van der Waals surface area contributed by atoms with Gasteiger partial charge in [0.25, 0.3) is 11.8 Å². The molecule has 2 aromatic rings. The Morgan fingerprint density at radius 2 is 1.59 bits per heavy atom. The monoisotopic (exact) mass is 432 g/mol. The Labute approximate surface area is 164 Å². The van der Waals surface area contributed by atoms with Gasteiger partial charge in [-0.15, -0.1) is 0 Å². The van der Waals surface area contributed by atoms with Crippen LogP contribution in [0.15, 0.2) is 40.9 Å². The van der Waals surface area contributed by atoms with Crippen LogP contribution < -0.4 is 14.8 Å². The van der Waals surface area contributed by atoms with E-state index in [1.165, 1.54) is 21.1 Å². The van der Waals surface area contributed by atoms with Crippen molar-refractivity contribution in [1.82, 2.24) is 4.90 Å². The SMILES string of the molecule is COc1cc(NC(=O)C(C)N2C(=O)c3ccccc3C2=O)c(OC)cc1Br. The van der Waals surface area contributed by atoms with E-state index in [-0.39, 0.29) is 0 Å². The number of rotatable bonds is 5. The molecule has 0 bridgehead atoms. The zero-order valence-corrected chi connectivity index (χ0v) is 16.5. The van der Waals surface area contributed by atoms with Gasteiger partial charge in [0.05, 0.1) is 35.5 Å². The number of carbonyl (C=O) groups is 3. The number of nitrogens with zero attached hydrogens (tertiary/aromatic N) is 1. The van der Waals surface area contributed by atoms with Crippen molar-refractivity contribution < 1.29 is 23.9 Å². The molecule has 7 nitrogen and oxygen atoms in total. The molecule has 1 N–H and O–H groups in total. The molecular formula is C19H17BrN2O5. The van der Waals surface area contributed by atoms with Crippen LogP contribution in [0.4, 0.5) is 5.69 Å². The first-order chi connectivity index (χ1) is 12.9. The van der Waals surface area contributed by atoms with Gasteiger partial charge in [-0.1, -0.05) is 12.1 Å². The topological polar surface area (TPSA) is 84.9 Å². The minimum Gasteiger partial charge on any atom is -0.495 e. The number of amides is 3. The summed E-state index contributed by atoms with van der Waals surface area (Å²) in [5.41, 5.74) is 0.959. The Bertz CT molecular complexity index is 909. The molecule has 1 unspecified atom stereocenters. The molecule has 1 aliphatic heterocycles. The first kappa shape index (κ1) is 18.9. The number of carbonyl (C=O) groups excluding carboxylic acids is 3. The zero-order chi connectivity index (χ0) is 19.7. The number of hydrogen-bond donors (Lipinski definition) is 1. The third-order valence-electron chi connectivity index (χ3n) is 4.32. The van der Waals surface area contributed by atoms with Gasteiger partial charge in [0.15, 0.2) is 0 Å². The van der Waals surface area contributed by atoms with E-state index in [0.717, 1.165) is 4.90 Å². The summed E-state index contributed by atoms with van der Waals surface area (Å²) in [6.07, 6.45) is 0. The predicted molar refractivity (Wildman–Crippen MR) is 102 cm³/mol. The van der Waals surface area contributed by atoms with E-state index in [2.05, 4.69) is 21.2 Å². The summed E-state index contributed by atoms with van der Waals surface area (Å²) in [5.74, 6) is -0.588. The number of benzene rings is 2. The van der Waals surface area contributed by atoms with Crippen molar-refractivity contribution in [2.24, 2.45) is 0 Å². The maximum atomic E-state index is 12.7. The van der Waals surface area contributed by atoms with Crippen LogP contribution in [-0.2, 0) is 4.79 Å². The molecular weight excluding hydrogens is 416 g/mol. The molecule has 27 heavy (non-hydrogen) atoms. The summed E-state index contributed by atoms with van der Waals surface area (Å²) in [7, 11) is 2.97. The van der Waals surface area contributed by atoms with E-state index >= 15 is 0 Å². The average Bonchev–Trinajstić information content (AvgIpc) is 2.93. The van der Waals surface area contributed by atoms with E-state index in [0.29, 0.717) is 32.8 Å². The first-order valence-corrected chi connectivity index (χ1v) is 8.87. The number of ether oxygens (including phenoxy) is 2. The Balaban J connectivity index is 1.86. The molecule has 0 aliphatic carbocycles. The predicted octanol–water partition coefficient (Wildman–Crippen LogP) is 3.09. The molecule has 2 aromatic carbocycles. The Hall–Kier alpha value is -2.87. The van der Waals surface area contributed by atoms with Crippen LogP contribution in [0.5, 0.6) is 11.5 Å². The van der Waals surface area contributed by atoms with Crippen molar-refractivity contribution in [2.45, 2.75) is 13.0 Å². The maximum Gasteiger partial charge on any atom is 0.262 e. The Morgan fingerprint density at radius 3 is 2.11 bits per heavy atom. The average molecular weight is 433 g/mol. The van der Waals surface area contributed by atoms with Gasteiger partial charge in [-0.3, -0.25) is 19.3 Å². The lowest BCUT2D eigenvalue weighted by Gasteiger charge is -2.22. The van der Waals surface area contributed by atoms with E-state index in [9.17, 15) is 14.4 Å². The standard InChI is InChI=1S/C19H17BrN2O5/c1-10(22-18(24)11-6-4-5-7-12(11)19(22)25)17(23)21-14-9-15(26-2)13(20)8-16(14)27-3/h4-10H,1-3H3,(H,21,23). The zero-order valence-electron chi connectivity index (χ0n) is 14.9. The lowest BCUT2D eigenvalue weighted by Crippen LogP contribution is -2.45. The van der Waals surface area contributed by atoms with Crippen molar-refractivity contribution in [3.05, 3.63) is 52.0 Å². The molecule has 0 aromatic heterocycles. The van der Waals surface area contributed by atoms with E-state index in [4.69, 9.17) is 9.47 Å². The van der Waals surface area contributed by atoms with Crippen LogP contribution in [0.25, 0.3) is 0 Å². The van der Waals surface area contributed by atoms with Gasteiger partial charge in [0, 0.05) is 12.1 Å². The number of halogens is 1. The maximum absolute atomic E-state index is 12.7. The van der Waals surface area contributed by atoms with Crippen molar-refractivity contribution in [3.8, 4) is 11.5 Å². The van der Waals surface area contributed by atoms with Gasteiger partial charge in [-0.25, -0.2) is 0 Å². The molecule has 140 valence electrons. The molecule has 3 amide bonds. The number of hydrogen-bond acceptors (Lipinski definition) is 5. The molecule has 8 heteroatoms. The number of fused-ring (bicyclic) bond motifs is 1. The first-order valence-electron chi connectivity index (χ1n) is 8.08. The van der Waals surface area contributed by atoms with Crippen LogP contribution in [0.3, 0.4) is 0 Å². The summed E-state index contributed by atoms with van der Waals surface area (Å²) in [6, 6.07) is 8.74.